The molecule has 0 spiro atoms. The van der Waals surface area contributed by atoms with Gasteiger partial charge in [-0.1, -0.05) is 0 Å². The number of pyridine rings is 1. The van der Waals surface area contributed by atoms with Gasteiger partial charge in [-0.25, -0.2) is 22.5 Å². The highest BCUT2D eigenvalue weighted by atomic mass is 19.2. The fraction of sp³-hybridized carbons (Fsp3) is 0.0667. The Bertz CT molecular complexity index is 907. The minimum absolute atomic E-state index is 0.0828. The van der Waals surface area contributed by atoms with E-state index in [0.29, 0.717) is 17.4 Å². The van der Waals surface area contributed by atoms with Crippen LogP contribution in [0.25, 0.3) is 5.65 Å². The Labute approximate surface area is 127 Å². The van der Waals surface area contributed by atoms with Crippen molar-refractivity contribution < 1.29 is 22.4 Å². The third kappa shape index (κ3) is 2.87. The summed E-state index contributed by atoms with van der Waals surface area (Å²) in [5.41, 5.74) is 0.250. The van der Waals surface area contributed by atoms with Gasteiger partial charge in [0.25, 0.3) is 5.91 Å². The number of rotatable bonds is 3. The molecule has 0 aliphatic rings. The maximum atomic E-state index is 13.5. The van der Waals surface area contributed by atoms with Crippen molar-refractivity contribution in [2.75, 3.05) is 0 Å². The molecule has 1 N–H and O–H groups in total. The van der Waals surface area contributed by atoms with E-state index < -0.39 is 34.7 Å². The van der Waals surface area contributed by atoms with Gasteiger partial charge in [-0.2, -0.15) is 0 Å². The summed E-state index contributed by atoms with van der Waals surface area (Å²) in [5.74, 6) is -6.00. The first-order valence-electron chi connectivity index (χ1n) is 6.50. The Morgan fingerprint density at radius 1 is 1.04 bits per heavy atom. The highest BCUT2D eigenvalue weighted by molar-refractivity contribution is 5.94. The number of hydrogen-bond acceptors (Lipinski definition) is 2. The normalized spacial score (nSPS) is 11.0. The standard InChI is InChI=1S/C15H9F4N3O/c16-8-1-4-12-21-9(7-22(12)6-8)5-20-15(23)10-2-3-11(17)14(19)13(10)18/h1-4,6-7H,5H2,(H,20,23). The minimum Gasteiger partial charge on any atom is -0.346 e. The first-order valence-corrected chi connectivity index (χ1v) is 6.50. The van der Waals surface area contributed by atoms with Gasteiger partial charge in [0.15, 0.2) is 17.5 Å². The number of benzene rings is 1. The van der Waals surface area contributed by atoms with E-state index in [4.69, 9.17) is 0 Å². The van der Waals surface area contributed by atoms with Gasteiger partial charge in [0.2, 0.25) is 0 Å². The summed E-state index contributed by atoms with van der Waals surface area (Å²) in [6.45, 7) is -0.0828. The van der Waals surface area contributed by atoms with Crippen LogP contribution >= 0.6 is 0 Å². The van der Waals surface area contributed by atoms with E-state index in [2.05, 4.69) is 10.3 Å². The Kier molecular flexibility index (Phi) is 3.73. The van der Waals surface area contributed by atoms with Crippen molar-refractivity contribution in [1.82, 2.24) is 14.7 Å². The predicted molar refractivity (Wildman–Crippen MR) is 72.6 cm³/mol. The maximum Gasteiger partial charge on any atom is 0.254 e. The zero-order valence-corrected chi connectivity index (χ0v) is 11.5. The van der Waals surface area contributed by atoms with Crippen LogP contribution in [-0.2, 0) is 6.54 Å². The summed E-state index contributed by atoms with van der Waals surface area (Å²) in [6.07, 6.45) is 2.70. The second-order valence-corrected chi connectivity index (χ2v) is 4.75. The van der Waals surface area contributed by atoms with Crippen LogP contribution in [0, 0.1) is 23.3 Å². The molecule has 0 fully saturated rings. The summed E-state index contributed by atoms with van der Waals surface area (Å²) >= 11 is 0. The lowest BCUT2D eigenvalue weighted by Crippen LogP contribution is -2.24. The van der Waals surface area contributed by atoms with E-state index in [1.54, 1.807) is 0 Å². The van der Waals surface area contributed by atoms with Gasteiger partial charge in [-0.05, 0) is 24.3 Å². The van der Waals surface area contributed by atoms with Crippen molar-refractivity contribution in [3.05, 3.63) is 71.2 Å². The SMILES string of the molecule is O=C(NCc1cn2cc(F)ccc2n1)c1ccc(F)c(F)c1F. The topological polar surface area (TPSA) is 46.4 Å². The van der Waals surface area contributed by atoms with Gasteiger partial charge in [-0.3, -0.25) is 4.79 Å². The number of halogens is 4. The number of fused-ring (bicyclic) bond motifs is 1. The molecule has 3 rings (SSSR count). The minimum atomic E-state index is -1.71. The third-order valence-corrected chi connectivity index (χ3v) is 3.17. The number of aromatic nitrogens is 2. The highest BCUT2D eigenvalue weighted by Crippen LogP contribution is 2.15. The number of hydrogen-bond donors (Lipinski definition) is 1. The Morgan fingerprint density at radius 2 is 1.83 bits per heavy atom. The molecule has 118 valence electrons. The molecular weight excluding hydrogens is 314 g/mol. The van der Waals surface area contributed by atoms with Gasteiger partial charge in [0.05, 0.1) is 17.8 Å². The quantitative estimate of drug-likeness (QED) is 0.595. The predicted octanol–water partition coefficient (Wildman–Crippen LogP) is 2.82. The van der Waals surface area contributed by atoms with Crippen molar-refractivity contribution in [3.63, 3.8) is 0 Å². The van der Waals surface area contributed by atoms with E-state index in [9.17, 15) is 22.4 Å². The number of carbonyl (C=O) groups excluding carboxylic acids is 1. The average molecular weight is 323 g/mol. The fourth-order valence-electron chi connectivity index (χ4n) is 2.07. The lowest BCUT2D eigenvalue weighted by atomic mass is 10.2. The first-order chi connectivity index (χ1) is 11.0. The van der Waals surface area contributed by atoms with Crippen LogP contribution < -0.4 is 5.32 Å². The zero-order valence-electron chi connectivity index (χ0n) is 11.5. The molecule has 0 atom stereocenters. The van der Waals surface area contributed by atoms with Gasteiger partial charge >= 0.3 is 0 Å². The average Bonchev–Trinajstić information content (AvgIpc) is 2.92. The number of nitrogens with zero attached hydrogens (tertiary/aromatic N) is 2. The van der Waals surface area contributed by atoms with Gasteiger partial charge in [0.1, 0.15) is 11.5 Å². The molecule has 0 saturated carbocycles. The van der Waals surface area contributed by atoms with Crippen molar-refractivity contribution in [1.29, 1.82) is 0 Å². The molecule has 23 heavy (non-hydrogen) atoms. The zero-order chi connectivity index (χ0) is 16.6. The van der Waals surface area contributed by atoms with E-state index >= 15 is 0 Å². The van der Waals surface area contributed by atoms with Crippen LogP contribution in [0.2, 0.25) is 0 Å². The second kappa shape index (κ2) is 5.71. The molecule has 1 amide bonds. The fourth-order valence-corrected chi connectivity index (χ4v) is 2.07. The van der Waals surface area contributed by atoms with E-state index in [1.807, 2.05) is 0 Å². The molecule has 0 saturated heterocycles. The van der Waals surface area contributed by atoms with Crippen LogP contribution in [-0.4, -0.2) is 15.3 Å². The second-order valence-electron chi connectivity index (χ2n) is 4.75. The lowest BCUT2D eigenvalue weighted by molar-refractivity contribution is 0.0945. The largest absolute Gasteiger partial charge is 0.346 e. The molecule has 8 heteroatoms. The van der Waals surface area contributed by atoms with Crippen molar-refractivity contribution in [3.8, 4) is 0 Å². The Hall–Kier alpha value is -2.90. The Balaban J connectivity index is 1.77. The smallest absolute Gasteiger partial charge is 0.254 e. The van der Waals surface area contributed by atoms with E-state index in [1.165, 1.54) is 28.9 Å². The monoisotopic (exact) mass is 323 g/mol. The summed E-state index contributed by atoms with van der Waals surface area (Å²) in [6, 6.07) is 4.21. The molecule has 3 aromatic rings. The molecule has 0 aliphatic heterocycles. The van der Waals surface area contributed by atoms with Gasteiger partial charge in [-0.15, -0.1) is 0 Å². The van der Waals surface area contributed by atoms with Gasteiger partial charge in [0, 0.05) is 12.4 Å². The van der Waals surface area contributed by atoms with E-state index in [0.717, 1.165) is 6.07 Å². The third-order valence-electron chi connectivity index (χ3n) is 3.17. The molecule has 1 aromatic carbocycles. The number of carbonyl (C=O) groups is 1. The molecule has 0 radical (unpaired) electrons. The Morgan fingerprint density at radius 3 is 2.61 bits per heavy atom. The van der Waals surface area contributed by atoms with Crippen LogP contribution in [0.3, 0.4) is 0 Å². The lowest BCUT2D eigenvalue weighted by Gasteiger charge is -2.05. The molecule has 2 aromatic heterocycles. The maximum absolute atomic E-state index is 13.5. The number of nitrogens with one attached hydrogen (secondary N) is 1. The van der Waals surface area contributed by atoms with Crippen molar-refractivity contribution in [2.45, 2.75) is 6.54 Å². The number of amides is 1. The van der Waals surface area contributed by atoms with E-state index in [-0.39, 0.29) is 6.54 Å². The van der Waals surface area contributed by atoms with Crippen LogP contribution in [0.4, 0.5) is 17.6 Å². The molecular formula is C15H9F4N3O. The highest BCUT2D eigenvalue weighted by Gasteiger charge is 2.18. The summed E-state index contributed by atoms with van der Waals surface area (Å²) < 4.78 is 54.0. The molecule has 0 unspecified atom stereocenters. The molecule has 2 heterocycles. The van der Waals surface area contributed by atoms with Crippen LogP contribution in [0.1, 0.15) is 16.1 Å². The van der Waals surface area contributed by atoms with Crippen molar-refractivity contribution >= 4 is 11.6 Å². The summed E-state index contributed by atoms with van der Waals surface area (Å²) in [4.78, 5) is 16.0. The van der Waals surface area contributed by atoms with Crippen LogP contribution in [0.5, 0.6) is 0 Å². The van der Waals surface area contributed by atoms with Gasteiger partial charge < -0.3 is 9.72 Å². The molecule has 0 aliphatic carbocycles. The van der Waals surface area contributed by atoms with Crippen molar-refractivity contribution in [2.24, 2.45) is 0 Å². The summed E-state index contributed by atoms with van der Waals surface area (Å²) in [5, 5.41) is 2.34. The van der Waals surface area contributed by atoms with Crippen LogP contribution in [0.15, 0.2) is 36.7 Å². The number of imidazole rings is 1. The first kappa shape index (κ1) is 15.0. The molecule has 0 bridgehead atoms. The summed E-state index contributed by atoms with van der Waals surface area (Å²) in [7, 11) is 0. The molecule has 4 nitrogen and oxygen atoms in total.